The second-order valence-corrected chi connectivity index (χ2v) is 9.92. The summed E-state index contributed by atoms with van der Waals surface area (Å²) in [5.41, 5.74) is 2.63. The van der Waals surface area contributed by atoms with Crippen molar-refractivity contribution in [2.75, 3.05) is 14.2 Å². The van der Waals surface area contributed by atoms with E-state index in [1.165, 1.54) is 6.42 Å². The highest BCUT2D eigenvalue weighted by molar-refractivity contribution is 5.93. The summed E-state index contributed by atoms with van der Waals surface area (Å²) in [6.07, 6.45) is 9.32. The topological polar surface area (TPSA) is 83.7 Å². The number of fused-ring (bicyclic) bond motifs is 1. The van der Waals surface area contributed by atoms with Crippen LogP contribution in [0.15, 0.2) is 48.7 Å². The Hall–Kier alpha value is -3.48. The van der Waals surface area contributed by atoms with Crippen LogP contribution >= 0.6 is 0 Å². The molecular formula is C29H35N3O4. The van der Waals surface area contributed by atoms with Gasteiger partial charge in [0.2, 0.25) is 11.8 Å². The number of H-pyrrole nitrogens is 1. The number of carbonyl (C=O) groups excluding carboxylic acids is 2. The molecule has 2 aliphatic rings. The molecule has 2 fully saturated rings. The first-order valence-corrected chi connectivity index (χ1v) is 13.0. The molecule has 2 N–H and O–H groups in total. The Morgan fingerprint density at radius 2 is 1.81 bits per heavy atom. The highest BCUT2D eigenvalue weighted by Gasteiger charge is 2.43. The van der Waals surface area contributed by atoms with Crippen LogP contribution in [0.4, 0.5) is 0 Å². The van der Waals surface area contributed by atoms with Crippen molar-refractivity contribution in [2.45, 2.75) is 69.5 Å². The maximum Gasteiger partial charge on any atom is 0.247 e. The number of para-hydroxylation sites is 1. The number of ether oxygens (including phenoxy) is 2. The van der Waals surface area contributed by atoms with E-state index in [4.69, 9.17) is 9.47 Å². The lowest BCUT2D eigenvalue weighted by atomic mass is 9.94. The summed E-state index contributed by atoms with van der Waals surface area (Å²) < 4.78 is 11.1. The number of hydrogen-bond donors (Lipinski definition) is 2. The molecule has 1 heterocycles. The van der Waals surface area contributed by atoms with Gasteiger partial charge < -0.3 is 24.7 Å². The summed E-state index contributed by atoms with van der Waals surface area (Å²) in [5, 5.41) is 4.31. The molecule has 3 aromatic rings. The lowest BCUT2D eigenvalue weighted by molar-refractivity contribution is -0.141. The van der Waals surface area contributed by atoms with E-state index in [1.54, 1.807) is 20.3 Å². The van der Waals surface area contributed by atoms with Crippen molar-refractivity contribution in [1.29, 1.82) is 0 Å². The van der Waals surface area contributed by atoms with Gasteiger partial charge in [-0.1, -0.05) is 37.5 Å². The molecule has 2 amide bonds. The monoisotopic (exact) mass is 489 g/mol. The third-order valence-corrected chi connectivity index (χ3v) is 7.46. The SMILES string of the molecule is COc1ccc([C@@H](C(=O)NC2CCCCC2)N(C(=O)Cc2c[nH]c3ccccc23)C2CC2)c(OC)c1. The quantitative estimate of drug-likeness (QED) is 0.447. The van der Waals surface area contributed by atoms with Crippen molar-refractivity contribution in [3.63, 3.8) is 0 Å². The summed E-state index contributed by atoms with van der Waals surface area (Å²) in [6, 6.07) is 12.9. The molecule has 7 heteroatoms. The lowest BCUT2D eigenvalue weighted by Gasteiger charge is -2.34. The van der Waals surface area contributed by atoms with Gasteiger partial charge in [-0.25, -0.2) is 0 Å². The highest BCUT2D eigenvalue weighted by atomic mass is 16.5. The van der Waals surface area contributed by atoms with E-state index in [0.717, 1.165) is 55.0 Å². The van der Waals surface area contributed by atoms with Crippen molar-refractivity contribution >= 4 is 22.7 Å². The van der Waals surface area contributed by atoms with E-state index in [9.17, 15) is 9.59 Å². The van der Waals surface area contributed by atoms with Crippen LogP contribution in [-0.2, 0) is 16.0 Å². The number of rotatable bonds is 9. The minimum absolute atomic E-state index is 0.0385. The number of benzene rings is 2. The van der Waals surface area contributed by atoms with E-state index >= 15 is 0 Å². The van der Waals surface area contributed by atoms with Crippen LogP contribution in [0.2, 0.25) is 0 Å². The first kappa shape index (κ1) is 24.2. The largest absolute Gasteiger partial charge is 0.497 e. The van der Waals surface area contributed by atoms with Crippen LogP contribution in [0.25, 0.3) is 10.9 Å². The molecule has 36 heavy (non-hydrogen) atoms. The third-order valence-electron chi connectivity index (χ3n) is 7.46. The predicted octanol–water partition coefficient (Wildman–Crippen LogP) is 4.91. The molecule has 0 spiro atoms. The summed E-state index contributed by atoms with van der Waals surface area (Å²) in [6.45, 7) is 0. The van der Waals surface area contributed by atoms with Crippen molar-refractivity contribution in [1.82, 2.24) is 15.2 Å². The zero-order chi connectivity index (χ0) is 25.1. The third kappa shape index (κ3) is 5.06. The first-order chi connectivity index (χ1) is 17.6. The van der Waals surface area contributed by atoms with E-state index in [0.29, 0.717) is 17.1 Å². The molecule has 190 valence electrons. The van der Waals surface area contributed by atoms with Crippen LogP contribution in [0, 0.1) is 0 Å². The number of aromatic nitrogens is 1. The zero-order valence-corrected chi connectivity index (χ0v) is 21.1. The van der Waals surface area contributed by atoms with Gasteiger partial charge in [0.1, 0.15) is 17.5 Å². The molecule has 2 aliphatic carbocycles. The second-order valence-electron chi connectivity index (χ2n) is 9.92. The number of aromatic amines is 1. The Balaban J connectivity index is 1.50. The molecular weight excluding hydrogens is 454 g/mol. The Bertz CT molecular complexity index is 1230. The molecule has 7 nitrogen and oxygen atoms in total. The Morgan fingerprint density at radius 1 is 1.03 bits per heavy atom. The Morgan fingerprint density at radius 3 is 2.53 bits per heavy atom. The molecule has 0 radical (unpaired) electrons. The summed E-state index contributed by atoms with van der Waals surface area (Å²) in [5.74, 6) is 1.00. The number of methoxy groups -OCH3 is 2. The molecule has 5 rings (SSSR count). The van der Waals surface area contributed by atoms with Gasteiger partial charge >= 0.3 is 0 Å². The van der Waals surface area contributed by atoms with Crippen molar-refractivity contribution < 1.29 is 19.1 Å². The normalized spacial score (nSPS) is 16.9. The zero-order valence-electron chi connectivity index (χ0n) is 21.1. The minimum atomic E-state index is -0.766. The van der Waals surface area contributed by atoms with Gasteiger partial charge in [-0.15, -0.1) is 0 Å². The minimum Gasteiger partial charge on any atom is -0.497 e. The average Bonchev–Trinajstić information content (AvgIpc) is 3.67. The van der Waals surface area contributed by atoms with Gasteiger partial charge in [0.05, 0.1) is 20.6 Å². The smallest absolute Gasteiger partial charge is 0.247 e. The number of carbonyl (C=O) groups is 2. The summed E-state index contributed by atoms with van der Waals surface area (Å²) >= 11 is 0. The van der Waals surface area contributed by atoms with E-state index < -0.39 is 6.04 Å². The average molecular weight is 490 g/mol. The van der Waals surface area contributed by atoms with Gasteiger partial charge in [0, 0.05) is 40.8 Å². The van der Waals surface area contributed by atoms with Gasteiger partial charge in [0.15, 0.2) is 0 Å². The molecule has 2 aromatic carbocycles. The molecule has 2 saturated carbocycles. The van der Waals surface area contributed by atoms with Crippen LogP contribution in [0.5, 0.6) is 11.5 Å². The first-order valence-electron chi connectivity index (χ1n) is 13.0. The number of amides is 2. The van der Waals surface area contributed by atoms with E-state index in [1.807, 2.05) is 47.5 Å². The van der Waals surface area contributed by atoms with Crippen molar-refractivity contribution in [3.8, 4) is 11.5 Å². The van der Waals surface area contributed by atoms with E-state index in [-0.39, 0.29) is 30.3 Å². The predicted molar refractivity (Wildman–Crippen MR) is 139 cm³/mol. The van der Waals surface area contributed by atoms with Gasteiger partial charge in [-0.2, -0.15) is 0 Å². The molecule has 1 atom stereocenters. The fourth-order valence-corrected chi connectivity index (χ4v) is 5.43. The Kier molecular flexibility index (Phi) is 7.16. The summed E-state index contributed by atoms with van der Waals surface area (Å²) in [7, 11) is 3.19. The van der Waals surface area contributed by atoms with Gasteiger partial charge in [0.25, 0.3) is 0 Å². The van der Waals surface area contributed by atoms with Crippen LogP contribution < -0.4 is 14.8 Å². The van der Waals surface area contributed by atoms with Gasteiger partial charge in [-0.05, 0) is 49.4 Å². The molecule has 0 saturated heterocycles. The fourth-order valence-electron chi connectivity index (χ4n) is 5.43. The van der Waals surface area contributed by atoms with Crippen LogP contribution in [-0.4, -0.2) is 48.0 Å². The maximum atomic E-state index is 13.9. The van der Waals surface area contributed by atoms with Gasteiger partial charge in [-0.3, -0.25) is 9.59 Å². The maximum absolute atomic E-state index is 13.9. The van der Waals surface area contributed by atoms with Crippen molar-refractivity contribution in [2.24, 2.45) is 0 Å². The van der Waals surface area contributed by atoms with Crippen LogP contribution in [0.3, 0.4) is 0 Å². The lowest BCUT2D eigenvalue weighted by Crippen LogP contribution is -2.48. The molecule has 0 unspecified atom stereocenters. The summed E-state index contributed by atoms with van der Waals surface area (Å²) in [4.78, 5) is 32.9. The number of hydrogen-bond acceptors (Lipinski definition) is 4. The number of nitrogens with zero attached hydrogens (tertiary/aromatic N) is 1. The number of nitrogens with one attached hydrogen (secondary N) is 2. The molecule has 0 bridgehead atoms. The Labute approximate surface area is 212 Å². The van der Waals surface area contributed by atoms with Crippen LogP contribution in [0.1, 0.15) is 62.1 Å². The standard InChI is InChI=1S/C29H35N3O4/c1-35-22-14-15-24(26(17-22)36-2)28(29(34)31-20-8-4-3-5-9-20)32(21-12-13-21)27(33)16-19-18-30-25-11-7-6-10-23(19)25/h6-7,10-11,14-15,17-18,20-21,28,30H,3-5,8-9,12-13,16H2,1-2H3,(H,31,34)/t28-/m0/s1. The molecule has 0 aliphatic heterocycles. The molecule has 1 aromatic heterocycles. The second kappa shape index (κ2) is 10.6. The highest BCUT2D eigenvalue weighted by Crippen LogP contribution is 2.40. The van der Waals surface area contributed by atoms with E-state index in [2.05, 4.69) is 10.3 Å². The van der Waals surface area contributed by atoms with Crippen molar-refractivity contribution in [3.05, 3.63) is 59.8 Å². The fraction of sp³-hybridized carbons (Fsp3) is 0.448.